The van der Waals surface area contributed by atoms with Crippen LogP contribution in [0.15, 0.2) is 36.5 Å². The summed E-state index contributed by atoms with van der Waals surface area (Å²) in [4.78, 5) is 0. The van der Waals surface area contributed by atoms with Crippen molar-refractivity contribution >= 4 is 0 Å². The fourth-order valence-corrected chi connectivity index (χ4v) is 1.78. The maximum Gasteiger partial charge on any atom is 0.115 e. The zero-order valence-corrected chi connectivity index (χ0v) is 11.7. The molecule has 0 amide bonds. The Balaban J connectivity index is 1.97. The van der Waals surface area contributed by atoms with Gasteiger partial charge in [0.15, 0.2) is 0 Å². The second kappa shape index (κ2) is 5.45. The largest absolute Gasteiger partial charge is 0.508 e. The molecule has 0 atom stereocenters. The van der Waals surface area contributed by atoms with Crippen LogP contribution in [0.5, 0.6) is 5.75 Å². The summed E-state index contributed by atoms with van der Waals surface area (Å²) in [7, 11) is 0. The summed E-state index contributed by atoms with van der Waals surface area (Å²) >= 11 is 0. The van der Waals surface area contributed by atoms with Crippen molar-refractivity contribution in [2.24, 2.45) is 0 Å². The van der Waals surface area contributed by atoms with Crippen molar-refractivity contribution in [3.8, 4) is 5.75 Å². The number of nitrogens with zero attached hydrogens (tertiary/aromatic N) is 2. The first-order valence-electron chi connectivity index (χ1n) is 6.48. The van der Waals surface area contributed by atoms with Crippen molar-refractivity contribution in [2.45, 2.75) is 39.4 Å². The maximum absolute atomic E-state index is 9.43. The van der Waals surface area contributed by atoms with Crippen LogP contribution in [-0.2, 0) is 13.1 Å². The van der Waals surface area contributed by atoms with Gasteiger partial charge in [0.05, 0.1) is 12.2 Å². The lowest BCUT2D eigenvalue weighted by molar-refractivity contribution is 0.419. The van der Waals surface area contributed by atoms with E-state index >= 15 is 0 Å². The van der Waals surface area contributed by atoms with Crippen molar-refractivity contribution in [1.29, 1.82) is 0 Å². The molecule has 0 radical (unpaired) electrons. The van der Waals surface area contributed by atoms with Crippen LogP contribution < -0.4 is 5.32 Å². The van der Waals surface area contributed by atoms with Gasteiger partial charge in [0.1, 0.15) is 5.75 Å². The number of hydrogen-bond acceptors (Lipinski definition) is 3. The number of aromatic hydroxyl groups is 1. The molecule has 0 unspecified atom stereocenters. The molecule has 0 aliphatic carbocycles. The van der Waals surface area contributed by atoms with E-state index in [0.29, 0.717) is 12.3 Å². The Morgan fingerprint density at radius 2 is 2.05 bits per heavy atom. The van der Waals surface area contributed by atoms with Gasteiger partial charge in [-0.05, 0) is 44.5 Å². The van der Waals surface area contributed by atoms with Gasteiger partial charge >= 0.3 is 0 Å². The minimum atomic E-state index is 0.0923. The van der Waals surface area contributed by atoms with Crippen LogP contribution in [0.2, 0.25) is 0 Å². The zero-order chi connectivity index (χ0) is 13.9. The third kappa shape index (κ3) is 4.41. The monoisotopic (exact) mass is 259 g/mol. The van der Waals surface area contributed by atoms with E-state index in [1.165, 1.54) is 0 Å². The smallest absolute Gasteiger partial charge is 0.115 e. The first kappa shape index (κ1) is 13.6. The molecule has 1 heterocycles. The van der Waals surface area contributed by atoms with Gasteiger partial charge in [-0.3, -0.25) is 4.68 Å². The molecule has 0 bridgehead atoms. The van der Waals surface area contributed by atoms with E-state index in [-0.39, 0.29) is 5.54 Å². The lowest BCUT2D eigenvalue weighted by Crippen LogP contribution is -2.35. The van der Waals surface area contributed by atoms with Gasteiger partial charge in [-0.25, -0.2) is 0 Å². The second-order valence-electron chi connectivity index (χ2n) is 5.78. The number of aromatic nitrogens is 2. The van der Waals surface area contributed by atoms with E-state index in [0.717, 1.165) is 17.8 Å². The Bertz CT molecular complexity index is 540. The van der Waals surface area contributed by atoms with Crippen molar-refractivity contribution < 1.29 is 5.11 Å². The molecule has 102 valence electrons. The van der Waals surface area contributed by atoms with E-state index in [4.69, 9.17) is 0 Å². The van der Waals surface area contributed by atoms with E-state index in [1.54, 1.807) is 12.1 Å². The molecule has 0 aliphatic heterocycles. The van der Waals surface area contributed by atoms with Crippen molar-refractivity contribution in [3.63, 3.8) is 0 Å². The molecular formula is C15H21N3O. The first-order chi connectivity index (χ1) is 8.92. The van der Waals surface area contributed by atoms with Crippen molar-refractivity contribution in [2.75, 3.05) is 0 Å². The molecule has 0 spiro atoms. The Labute approximate surface area is 114 Å². The average molecular weight is 259 g/mol. The number of hydrogen-bond donors (Lipinski definition) is 2. The molecule has 2 aromatic rings. The highest BCUT2D eigenvalue weighted by Gasteiger charge is 2.09. The SMILES string of the molecule is CC(C)(C)NCc1ccn(Cc2cccc(O)c2)n1. The quantitative estimate of drug-likeness (QED) is 0.887. The number of phenols is 1. The van der Waals surface area contributed by atoms with E-state index in [1.807, 2.05) is 29.1 Å². The van der Waals surface area contributed by atoms with Gasteiger partial charge < -0.3 is 10.4 Å². The van der Waals surface area contributed by atoms with E-state index < -0.39 is 0 Å². The highest BCUT2D eigenvalue weighted by Crippen LogP contribution is 2.12. The van der Waals surface area contributed by atoms with Gasteiger partial charge in [0, 0.05) is 18.3 Å². The topological polar surface area (TPSA) is 50.1 Å². The van der Waals surface area contributed by atoms with Crippen LogP contribution in [0.3, 0.4) is 0 Å². The average Bonchev–Trinajstić information content (AvgIpc) is 2.73. The Kier molecular flexibility index (Phi) is 3.90. The minimum absolute atomic E-state index is 0.0923. The summed E-state index contributed by atoms with van der Waals surface area (Å²) in [6.45, 7) is 7.84. The summed E-state index contributed by atoms with van der Waals surface area (Å²) in [5, 5.41) is 17.3. The standard InChI is InChI=1S/C15H21N3O/c1-15(2,3)16-10-13-7-8-18(17-13)11-12-5-4-6-14(19)9-12/h4-9,16,19H,10-11H2,1-3H3. The highest BCUT2D eigenvalue weighted by atomic mass is 16.3. The normalized spacial score (nSPS) is 11.7. The van der Waals surface area contributed by atoms with Gasteiger partial charge in [0.25, 0.3) is 0 Å². The predicted molar refractivity (Wildman–Crippen MR) is 76.0 cm³/mol. The first-order valence-corrected chi connectivity index (χ1v) is 6.48. The summed E-state index contributed by atoms with van der Waals surface area (Å²) in [6, 6.07) is 9.27. The van der Waals surface area contributed by atoms with Crippen LogP contribution in [-0.4, -0.2) is 20.4 Å². The third-order valence-electron chi connectivity index (χ3n) is 2.75. The van der Waals surface area contributed by atoms with E-state index in [9.17, 15) is 5.11 Å². The molecule has 1 aromatic carbocycles. The molecule has 2 rings (SSSR count). The number of benzene rings is 1. The lowest BCUT2D eigenvalue weighted by Gasteiger charge is -2.19. The molecule has 0 aliphatic rings. The van der Waals surface area contributed by atoms with Gasteiger partial charge in [0.2, 0.25) is 0 Å². The predicted octanol–water partition coefficient (Wildman–Crippen LogP) is 2.53. The van der Waals surface area contributed by atoms with Crippen molar-refractivity contribution in [3.05, 3.63) is 47.8 Å². The number of rotatable bonds is 4. The van der Waals surface area contributed by atoms with Gasteiger partial charge in [-0.1, -0.05) is 12.1 Å². The molecule has 0 fully saturated rings. The molecule has 19 heavy (non-hydrogen) atoms. The molecule has 4 nitrogen and oxygen atoms in total. The van der Waals surface area contributed by atoms with Crippen LogP contribution in [0.1, 0.15) is 32.0 Å². The number of phenolic OH excluding ortho intramolecular Hbond substituents is 1. The number of nitrogens with one attached hydrogen (secondary N) is 1. The molecule has 1 aromatic heterocycles. The van der Waals surface area contributed by atoms with Crippen LogP contribution in [0, 0.1) is 0 Å². The van der Waals surface area contributed by atoms with Crippen LogP contribution in [0.4, 0.5) is 0 Å². The van der Waals surface area contributed by atoms with Crippen LogP contribution >= 0.6 is 0 Å². The summed E-state index contributed by atoms with van der Waals surface area (Å²) in [6.07, 6.45) is 1.96. The van der Waals surface area contributed by atoms with E-state index in [2.05, 4.69) is 31.2 Å². The summed E-state index contributed by atoms with van der Waals surface area (Å²) in [5.41, 5.74) is 2.16. The molecule has 2 N–H and O–H groups in total. The van der Waals surface area contributed by atoms with Crippen LogP contribution in [0.25, 0.3) is 0 Å². The Morgan fingerprint density at radius 1 is 1.26 bits per heavy atom. The van der Waals surface area contributed by atoms with Gasteiger partial charge in [-0.2, -0.15) is 5.10 Å². The third-order valence-corrected chi connectivity index (χ3v) is 2.75. The molecule has 0 saturated carbocycles. The summed E-state index contributed by atoms with van der Waals surface area (Å²) in [5.74, 6) is 0.291. The molecular weight excluding hydrogens is 238 g/mol. The highest BCUT2D eigenvalue weighted by molar-refractivity contribution is 5.27. The fraction of sp³-hybridized carbons (Fsp3) is 0.400. The Hall–Kier alpha value is -1.81. The second-order valence-corrected chi connectivity index (χ2v) is 5.78. The zero-order valence-electron chi connectivity index (χ0n) is 11.7. The van der Waals surface area contributed by atoms with Crippen molar-refractivity contribution in [1.82, 2.24) is 15.1 Å². The maximum atomic E-state index is 9.43. The van der Waals surface area contributed by atoms with Gasteiger partial charge in [-0.15, -0.1) is 0 Å². The summed E-state index contributed by atoms with van der Waals surface area (Å²) < 4.78 is 1.88. The lowest BCUT2D eigenvalue weighted by atomic mass is 10.1. The Morgan fingerprint density at radius 3 is 2.74 bits per heavy atom. The molecule has 0 saturated heterocycles. The molecule has 4 heteroatoms. The minimum Gasteiger partial charge on any atom is -0.508 e. The fourth-order valence-electron chi connectivity index (χ4n) is 1.78.